The molecule has 1 aliphatic rings. The van der Waals surface area contributed by atoms with Crippen LogP contribution in [0.15, 0.2) is 73.0 Å². The van der Waals surface area contributed by atoms with E-state index in [1.165, 1.54) is 6.08 Å². The zero-order valence-corrected chi connectivity index (χ0v) is 16.0. The third kappa shape index (κ3) is 3.34. The highest BCUT2D eigenvalue weighted by molar-refractivity contribution is 6.39. The van der Waals surface area contributed by atoms with Gasteiger partial charge in [-0.05, 0) is 36.4 Å². The van der Waals surface area contributed by atoms with Gasteiger partial charge in [-0.1, -0.05) is 35.9 Å². The fraction of sp³-hybridized carbons (Fsp3) is 0.0455. The molecule has 0 spiro atoms. The Balaban J connectivity index is 1.80. The van der Waals surface area contributed by atoms with Crippen molar-refractivity contribution in [3.8, 4) is 0 Å². The van der Waals surface area contributed by atoms with Crippen molar-refractivity contribution < 1.29 is 14.4 Å². The Labute approximate surface area is 171 Å². The van der Waals surface area contributed by atoms with Crippen LogP contribution >= 0.6 is 11.6 Å². The molecule has 1 aromatic heterocycles. The lowest BCUT2D eigenvalue weighted by Gasteiger charge is -2.26. The first kappa shape index (κ1) is 18.7. The highest BCUT2D eigenvalue weighted by Gasteiger charge is 2.36. The molecule has 1 saturated heterocycles. The van der Waals surface area contributed by atoms with E-state index in [0.717, 1.165) is 15.8 Å². The first-order valence-corrected chi connectivity index (χ1v) is 9.23. The minimum Gasteiger partial charge on any atom is -0.343 e. The molecule has 3 aromatic rings. The second kappa shape index (κ2) is 7.41. The number of anilines is 1. The summed E-state index contributed by atoms with van der Waals surface area (Å²) in [6.45, 7) is 4.34. The van der Waals surface area contributed by atoms with Crippen molar-refractivity contribution in [2.45, 2.75) is 6.54 Å². The molecule has 0 unspecified atom stereocenters. The third-order valence-corrected chi connectivity index (χ3v) is 4.88. The van der Waals surface area contributed by atoms with Crippen LogP contribution in [0.5, 0.6) is 0 Å². The maximum Gasteiger partial charge on any atom is 0.335 e. The van der Waals surface area contributed by atoms with Crippen molar-refractivity contribution >= 4 is 52.1 Å². The van der Waals surface area contributed by atoms with Crippen molar-refractivity contribution in [3.05, 3.63) is 83.5 Å². The number of rotatable bonds is 4. The zero-order chi connectivity index (χ0) is 20.5. The Kier molecular flexibility index (Phi) is 4.78. The molecule has 1 aliphatic heterocycles. The number of fused-ring (bicyclic) bond motifs is 1. The van der Waals surface area contributed by atoms with Gasteiger partial charge in [0.15, 0.2) is 0 Å². The van der Waals surface area contributed by atoms with Crippen LogP contribution in [0.4, 0.5) is 10.5 Å². The molecule has 0 atom stereocenters. The van der Waals surface area contributed by atoms with Gasteiger partial charge < -0.3 is 4.57 Å². The molecule has 144 valence electrons. The average molecular weight is 406 g/mol. The van der Waals surface area contributed by atoms with Crippen LogP contribution in [0.25, 0.3) is 17.0 Å². The number of barbiturate groups is 1. The van der Waals surface area contributed by atoms with E-state index in [2.05, 4.69) is 11.9 Å². The molecule has 29 heavy (non-hydrogen) atoms. The molecule has 0 saturated carbocycles. The topological polar surface area (TPSA) is 71.4 Å². The predicted octanol–water partition coefficient (Wildman–Crippen LogP) is 4.15. The van der Waals surface area contributed by atoms with Crippen LogP contribution < -0.4 is 10.2 Å². The molecule has 6 nitrogen and oxygen atoms in total. The van der Waals surface area contributed by atoms with E-state index in [0.29, 0.717) is 22.8 Å². The fourth-order valence-electron chi connectivity index (χ4n) is 3.32. The number of aromatic nitrogens is 1. The molecule has 7 heteroatoms. The first-order valence-electron chi connectivity index (χ1n) is 8.85. The van der Waals surface area contributed by atoms with Crippen molar-refractivity contribution in [3.63, 3.8) is 0 Å². The van der Waals surface area contributed by atoms with Crippen LogP contribution in [0, 0.1) is 0 Å². The highest BCUT2D eigenvalue weighted by atomic mass is 35.5. The summed E-state index contributed by atoms with van der Waals surface area (Å²) in [5.41, 5.74) is 1.85. The minimum absolute atomic E-state index is 0.124. The predicted molar refractivity (Wildman–Crippen MR) is 113 cm³/mol. The fourth-order valence-corrected chi connectivity index (χ4v) is 3.44. The van der Waals surface area contributed by atoms with Crippen LogP contribution in [0.2, 0.25) is 5.02 Å². The third-order valence-electron chi connectivity index (χ3n) is 4.63. The van der Waals surface area contributed by atoms with Crippen molar-refractivity contribution in [2.75, 3.05) is 4.90 Å². The summed E-state index contributed by atoms with van der Waals surface area (Å²) in [6, 6.07) is 13.1. The van der Waals surface area contributed by atoms with Crippen molar-refractivity contribution in [1.82, 2.24) is 9.88 Å². The van der Waals surface area contributed by atoms with E-state index in [9.17, 15) is 14.4 Å². The van der Waals surface area contributed by atoms with Gasteiger partial charge in [-0.2, -0.15) is 0 Å². The van der Waals surface area contributed by atoms with Gasteiger partial charge in [-0.3, -0.25) is 14.9 Å². The number of hydrogen-bond donors (Lipinski definition) is 1. The minimum atomic E-state index is -0.798. The molecule has 4 amide bonds. The van der Waals surface area contributed by atoms with Gasteiger partial charge in [0.25, 0.3) is 11.8 Å². The van der Waals surface area contributed by atoms with E-state index in [1.807, 2.05) is 35.0 Å². The van der Waals surface area contributed by atoms with Crippen LogP contribution in [0.1, 0.15) is 5.56 Å². The second-order valence-corrected chi connectivity index (χ2v) is 6.91. The number of hydrogen-bond acceptors (Lipinski definition) is 3. The number of allylic oxidation sites excluding steroid dienone is 1. The lowest BCUT2D eigenvalue weighted by molar-refractivity contribution is -0.122. The number of imide groups is 2. The van der Waals surface area contributed by atoms with Crippen molar-refractivity contribution in [1.29, 1.82) is 0 Å². The number of halogens is 1. The standard InChI is InChI=1S/C22H16ClN3O3/c1-2-11-25-13-14(17-5-3-4-6-19(17)25)12-18-20(27)24-22(29)26(21(18)28)16-9-7-15(23)8-10-16/h2-10,12-13H,1,11H2,(H,24,27,29)/b18-12-. The summed E-state index contributed by atoms with van der Waals surface area (Å²) in [7, 11) is 0. The molecule has 2 aromatic carbocycles. The smallest absolute Gasteiger partial charge is 0.335 e. The number of carbonyl (C=O) groups excluding carboxylic acids is 3. The van der Waals surface area contributed by atoms with E-state index >= 15 is 0 Å². The quantitative estimate of drug-likeness (QED) is 0.402. The normalized spacial score (nSPS) is 15.8. The summed E-state index contributed by atoms with van der Waals surface area (Å²) in [4.78, 5) is 38.7. The van der Waals surface area contributed by atoms with Crippen LogP contribution in [-0.2, 0) is 16.1 Å². The Bertz CT molecular complexity index is 1190. The Morgan fingerprint density at radius 1 is 1.03 bits per heavy atom. The monoisotopic (exact) mass is 405 g/mol. The van der Waals surface area contributed by atoms with Crippen molar-refractivity contribution in [2.24, 2.45) is 0 Å². The van der Waals surface area contributed by atoms with E-state index in [1.54, 1.807) is 30.3 Å². The molecular formula is C22H16ClN3O3. The summed E-state index contributed by atoms with van der Waals surface area (Å²) in [5.74, 6) is -1.42. The lowest BCUT2D eigenvalue weighted by Crippen LogP contribution is -2.54. The largest absolute Gasteiger partial charge is 0.343 e. The molecule has 2 heterocycles. The highest BCUT2D eigenvalue weighted by Crippen LogP contribution is 2.27. The number of carbonyl (C=O) groups is 3. The Hall–Kier alpha value is -3.64. The summed E-state index contributed by atoms with van der Waals surface area (Å²) < 4.78 is 1.97. The van der Waals surface area contributed by atoms with E-state index < -0.39 is 17.8 Å². The van der Waals surface area contributed by atoms with Gasteiger partial charge in [-0.15, -0.1) is 6.58 Å². The Morgan fingerprint density at radius 3 is 2.48 bits per heavy atom. The summed E-state index contributed by atoms with van der Waals surface area (Å²) >= 11 is 5.89. The number of nitrogens with one attached hydrogen (secondary N) is 1. The number of para-hydroxylation sites is 1. The average Bonchev–Trinajstić information content (AvgIpc) is 3.04. The van der Waals surface area contributed by atoms with E-state index in [-0.39, 0.29) is 5.57 Å². The van der Waals surface area contributed by atoms with Gasteiger partial charge in [0.1, 0.15) is 5.57 Å². The molecule has 0 bridgehead atoms. The maximum absolute atomic E-state index is 13.0. The zero-order valence-electron chi connectivity index (χ0n) is 15.3. The van der Waals surface area contributed by atoms with Gasteiger partial charge in [0.05, 0.1) is 5.69 Å². The number of nitrogens with zero attached hydrogens (tertiary/aromatic N) is 2. The maximum atomic E-state index is 13.0. The second-order valence-electron chi connectivity index (χ2n) is 6.48. The lowest BCUT2D eigenvalue weighted by atomic mass is 10.1. The molecular weight excluding hydrogens is 390 g/mol. The summed E-state index contributed by atoms with van der Waals surface area (Å²) in [6.07, 6.45) is 5.13. The van der Waals surface area contributed by atoms with Crippen LogP contribution in [-0.4, -0.2) is 22.4 Å². The SMILES string of the molecule is C=CCn1cc(/C=C2/C(=O)NC(=O)N(c3ccc(Cl)cc3)C2=O)c2ccccc21. The number of benzene rings is 2. The van der Waals surface area contributed by atoms with Gasteiger partial charge >= 0.3 is 6.03 Å². The molecule has 0 aliphatic carbocycles. The van der Waals surface area contributed by atoms with Crippen LogP contribution in [0.3, 0.4) is 0 Å². The Morgan fingerprint density at radius 2 is 1.76 bits per heavy atom. The van der Waals surface area contributed by atoms with Gasteiger partial charge in [0.2, 0.25) is 0 Å². The van der Waals surface area contributed by atoms with Gasteiger partial charge in [0, 0.05) is 34.2 Å². The van der Waals surface area contributed by atoms with E-state index in [4.69, 9.17) is 11.6 Å². The molecule has 4 rings (SSSR count). The molecule has 0 radical (unpaired) electrons. The molecule has 1 N–H and O–H groups in total. The summed E-state index contributed by atoms with van der Waals surface area (Å²) in [5, 5.41) is 3.59. The van der Waals surface area contributed by atoms with Gasteiger partial charge in [-0.25, -0.2) is 9.69 Å². The molecule has 1 fully saturated rings. The number of urea groups is 1. The number of amides is 4. The first-order chi connectivity index (χ1) is 14.0.